The number of hydrogen-bond donors (Lipinski definition) is 0. The summed E-state index contributed by atoms with van der Waals surface area (Å²) in [6, 6.07) is 0. The first-order valence-corrected chi connectivity index (χ1v) is 19.6. The van der Waals surface area contributed by atoms with Crippen LogP contribution in [-0.2, 0) is 4.79 Å². The van der Waals surface area contributed by atoms with E-state index >= 15 is 0 Å². The third-order valence-corrected chi connectivity index (χ3v) is 10.00. The zero-order chi connectivity index (χ0) is 30.1. The molecule has 0 N–H and O–H groups in total. The fraction of sp³-hybridized carbons (Fsp3) is 0.975. The minimum Gasteiger partial charge on any atom is -0.290 e. The smallest absolute Gasteiger partial charge is 0.205 e. The van der Waals surface area contributed by atoms with E-state index < -0.39 is 0 Å². The van der Waals surface area contributed by atoms with Crippen molar-refractivity contribution in [3.05, 3.63) is 0 Å². The maximum atomic E-state index is 13.0. The van der Waals surface area contributed by atoms with Gasteiger partial charge in [0.1, 0.15) is 0 Å². The van der Waals surface area contributed by atoms with E-state index in [1.165, 1.54) is 199 Å². The van der Waals surface area contributed by atoms with Crippen LogP contribution >= 0.6 is 0 Å². The summed E-state index contributed by atoms with van der Waals surface area (Å²) in [7, 11) is 0. The van der Waals surface area contributed by atoms with Crippen molar-refractivity contribution in [1.29, 1.82) is 0 Å². The number of rotatable bonds is 35. The fourth-order valence-electron chi connectivity index (χ4n) is 7.08. The Balaban J connectivity index is 5.05. The van der Waals surface area contributed by atoms with Crippen LogP contribution in [0.25, 0.3) is 0 Å². The number of unbranched alkanes of at least 4 members (excludes halogenated alkanes) is 25. The first kappa shape index (κ1) is 40.7. The highest BCUT2D eigenvalue weighted by molar-refractivity contribution is 5.60. The van der Waals surface area contributed by atoms with E-state index in [1.807, 2.05) is 0 Å². The maximum Gasteiger partial charge on any atom is 0.205 e. The predicted octanol–water partition coefficient (Wildman–Crippen LogP) is 14.7. The Hall–Kier alpha value is -0.330. The summed E-state index contributed by atoms with van der Waals surface area (Å²) in [5.41, 5.74) is -0.170. The summed E-state index contributed by atoms with van der Waals surface area (Å²) < 4.78 is 0. The van der Waals surface area contributed by atoms with Crippen molar-refractivity contribution >= 4 is 6.29 Å². The van der Waals surface area contributed by atoms with Crippen molar-refractivity contribution < 1.29 is 4.79 Å². The summed E-state index contributed by atoms with van der Waals surface area (Å²) in [6.07, 6.45) is 47.0. The number of hydrogen-bond acceptors (Lipinski definition) is 1. The highest BCUT2D eigenvalue weighted by atomic mass is 16.1. The molecule has 1 heteroatoms. The molecule has 0 rings (SSSR count). The average molecular weight is 576 g/mol. The molecular formula is C40H79O. The van der Waals surface area contributed by atoms with Crippen molar-refractivity contribution in [2.45, 2.75) is 240 Å². The van der Waals surface area contributed by atoms with Crippen molar-refractivity contribution in [2.75, 3.05) is 0 Å². The fourth-order valence-corrected chi connectivity index (χ4v) is 7.08. The van der Waals surface area contributed by atoms with Crippen molar-refractivity contribution in [3.63, 3.8) is 0 Å². The summed E-state index contributed by atoms with van der Waals surface area (Å²) >= 11 is 0. The van der Waals surface area contributed by atoms with Crippen LogP contribution in [0.1, 0.15) is 240 Å². The third-order valence-electron chi connectivity index (χ3n) is 10.00. The zero-order valence-corrected chi connectivity index (χ0v) is 29.3. The average Bonchev–Trinajstić information content (AvgIpc) is 2.99. The van der Waals surface area contributed by atoms with Crippen LogP contribution in [0.4, 0.5) is 0 Å². The van der Waals surface area contributed by atoms with Gasteiger partial charge in [-0.3, -0.25) is 4.79 Å². The molecule has 0 aliphatic rings. The van der Waals surface area contributed by atoms with E-state index in [9.17, 15) is 4.79 Å². The Morgan fingerprint density at radius 2 is 0.610 bits per heavy atom. The lowest BCUT2D eigenvalue weighted by Gasteiger charge is -2.37. The van der Waals surface area contributed by atoms with Crippen LogP contribution in [0.5, 0.6) is 0 Å². The second kappa shape index (κ2) is 32.6. The van der Waals surface area contributed by atoms with Gasteiger partial charge in [0.2, 0.25) is 6.29 Å². The first-order chi connectivity index (χ1) is 20.2. The standard InChI is InChI=1S/C40H79O/c1-5-9-13-17-21-22-23-25-29-33-37-40(38-41,36-32-28-20-16-12-8-4)39(34-30-26-19-15-11-7-3)35-31-27-24-18-14-10-6-2/h39H,5-37H2,1-4H3. The molecule has 245 valence electrons. The lowest BCUT2D eigenvalue weighted by Crippen LogP contribution is -2.33. The van der Waals surface area contributed by atoms with Crippen LogP contribution in [0.3, 0.4) is 0 Å². The number of carbonyl (C=O) groups excluding carboxylic acids is 1. The third kappa shape index (κ3) is 24.8. The van der Waals surface area contributed by atoms with Gasteiger partial charge in [-0.2, -0.15) is 0 Å². The van der Waals surface area contributed by atoms with Gasteiger partial charge < -0.3 is 0 Å². The maximum absolute atomic E-state index is 13.0. The Bertz CT molecular complexity index is 499. The van der Waals surface area contributed by atoms with Crippen LogP contribution in [0.2, 0.25) is 0 Å². The lowest BCUT2D eigenvalue weighted by molar-refractivity contribution is 0.168. The molecule has 0 aromatic rings. The van der Waals surface area contributed by atoms with Gasteiger partial charge >= 0.3 is 0 Å². The molecule has 0 amide bonds. The van der Waals surface area contributed by atoms with E-state index in [2.05, 4.69) is 34.0 Å². The molecule has 0 bridgehead atoms. The van der Waals surface area contributed by atoms with E-state index in [0.717, 1.165) is 12.8 Å². The Labute approximate surface area is 261 Å². The molecule has 41 heavy (non-hydrogen) atoms. The molecule has 0 heterocycles. The second-order valence-corrected chi connectivity index (χ2v) is 13.9. The first-order valence-electron chi connectivity index (χ1n) is 19.6. The minimum absolute atomic E-state index is 0.170. The Kier molecular flexibility index (Phi) is 32.3. The molecule has 0 saturated heterocycles. The van der Waals surface area contributed by atoms with Crippen molar-refractivity contribution in [3.8, 4) is 0 Å². The van der Waals surface area contributed by atoms with Crippen LogP contribution in [-0.4, -0.2) is 6.29 Å². The van der Waals surface area contributed by atoms with Gasteiger partial charge in [0.25, 0.3) is 0 Å². The summed E-state index contributed by atoms with van der Waals surface area (Å²) in [5, 5.41) is 0. The minimum atomic E-state index is -0.170. The molecule has 0 aromatic heterocycles. The van der Waals surface area contributed by atoms with Crippen molar-refractivity contribution in [2.24, 2.45) is 11.3 Å². The van der Waals surface area contributed by atoms with Crippen LogP contribution in [0.15, 0.2) is 0 Å². The van der Waals surface area contributed by atoms with E-state index in [4.69, 9.17) is 0 Å². The highest BCUT2D eigenvalue weighted by Gasteiger charge is 2.37. The topological polar surface area (TPSA) is 17.1 Å². The van der Waals surface area contributed by atoms with Crippen molar-refractivity contribution in [1.82, 2.24) is 0 Å². The summed E-state index contributed by atoms with van der Waals surface area (Å²) in [6.45, 7) is 9.22. The molecule has 2 unspecified atom stereocenters. The molecule has 0 fully saturated rings. The molecular weight excluding hydrogens is 496 g/mol. The van der Waals surface area contributed by atoms with Gasteiger partial charge in [-0.05, 0) is 31.6 Å². The highest BCUT2D eigenvalue weighted by Crippen LogP contribution is 2.43. The van der Waals surface area contributed by atoms with E-state index in [0.29, 0.717) is 5.92 Å². The van der Waals surface area contributed by atoms with Gasteiger partial charge in [-0.15, -0.1) is 0 Å². The van der Waals surface area contributed by atoms with Gasteiger partial charge in [-0.1, -0.05) is 214 Å². The summed E-state index contributed by atoms with van der Waals surface area (Å²) in [4.78, 5) is 13.0. The normalized spacial score (nSPS) is 13.9. The van der Waals surface area contributed by atoms with Gasteiger partial charge in [0.05, 0.1) is 0 Å². The van der Waals surface area contributed by atoms with Gasteiger partial charge in [-0.25, -0.2) is 0 Å². The van der Waals surface area contributed by atoms with Gasteiger partial charge in [0, 0.05) is 5.41 Å². The molecule has 0 spiro atoms. The van der Waals surface area contributed by atoms with Crippen LogP contribution in [0, 0.1) is 11.3 Å². The molecule has 1 radical (unpaired) electrons. The lowest BCUT2D eigenvalue weighted by atomic mass is 9.66. The summed E-state index contributed by atoms with van der Waals surface area (Å²) in [5.74, 6) is 0.566. The van der Waals surface area contributed by atoms with Crippen LogP contribution < -0.4 is 0 Å². The Morgan fingerprint density at radius 3 is 0.878 bits per heavy atom. The molecule has 0 aromatic carbocycles. The second-order valence-electron chi connectivity index (χ2n) is 13.9. The predicted molar refractivity (Wildman–Crippen MR) is 187 cm³/mol. The van der Waals surface area contributed by atoms with E-state index in [-0.39, 0.29) is 5.41 Å². The zero-order valence-electron chi connectivity index (χ0n) is 29.3. The largest absolute Gasteiger partial charge is 0.290 e. The molecule has 0 aliphatic heterocycles. The quantitative estimate of drug-likeness (QED) is 0.0687. The van der Waals surface area contributed by atoms with E-state index in [1.54, 1.807) is 0 Å². The Morgan fingerprint density at radius 1 is 0.366 bits per heavy atom. The molecule has 0 aliphatic carbocycles. The SMILES string of the molecule is CCCCCCCCCCCCC([C]=O)(CCCCCCCC)C(CCCCCCCC)CCCCCCCCC. The monoisotopic (exact) mass is 576 g/mol. The van der Waals surface area contributed by atoms with Gasteiger partial charge in [0.15, 0.2) is 0 Å². The molecule has 0 saturated carbocycles. The molecule has 1 nitrogen and oxygen atoms in total. The molecule has 2 atom stereocenters.